The average molecular weight is 308 g/mol. The van der Waals surface area contributed by atoms with Crippen molar-refractivity contribution in [3.8, 4) is 0 Å². The van der Waals surface area contributed by atoms with Gasteiger partial charge in [0.25, 0.3) is 0 Å². The van der Waals surface area contributed by atoms with E-state index in [1.54, 1.807) is 18.3 Å². The summed E-state index contributed by atoms with van der Waals surface area (Å²) in [6, 6.07) is 6.90. The molecule has 3 N–H and O–H groups in total. The number of H-pyrrole nitrogens is 1. The summed E-state index contributed by atoms with van der Waals surface area (Å²) in [6.45, 7) is 4.00. The maximum absolute atomic E-state index is 12.1. The Bertz CT molecular complexity index is 636. The van der Waals surface area contributed by atoms with Gasteiger partial charge in [-0.05, 0) is 30.7 Å². The van der Waals surface area contributed by atoms with Crippen molar-refractivity contribution in [1.82, 2.24) is 20.0 Å². The summed E-state index contributed by atoms with van der Waals surface area (Å²) in [6.07, 6.45) is 4.18. The topological polar surface area (TPSA) is 86.9 Å². The lowest BCUT2D eigenvalue weighted by Crippen LogP contribution is -2.23. The Morgan fingerprint density at radius 3 is 2.57 bits per heavy atom. The number of aromatic nitrogens is 2. The number of rotatable bonds is 8. The minimum Gasteiger partial charge on any atom is -0.347 e. The van der Waals surface area contributed by atoms with E-state index >= 15 is 0 Å². The molecule has 0 saturated carbocycles. The van der Waals surface area contributed by atoms with Crippen LogP contribution in [0.2, 0.25) is 0 Å². The van der Waals surface area contributed by atoms with Gasteiger partial charge in [-0.15, -0.1) is 0 Å². The molecule has 0 radical (unpaired) electrons. The fourth-order valence-electron chi connectivity index (χ4n) is 1.83. The predicted molar refractivity (Wildman–Crippen MR) is 81.1 cm³/mol. The normalized spacial score (nSPS) is 11.7. The van der Waals surface area contributed by atoms with Crippen molar-refractivity contribution < 1.29 is 8.42 Å². The first-order chi connectivity index (χ1) is 10.1. The summed E-state index contributed by atoms with van der Waals surface area (Å²) in [5.41, 5.74) is 1.79. The Morgan fingerprint density at radius 2 is 1.95 bits per heavy atom. The molecule has 1 heterocycles. The van der Waals surface area contributed by atoms with Crippen LogP contribution < -0.4 is 10.0 Å². The van der Waals surface area contributed by atoms with Gasteiger partial charge in [-0.25, -0.2) is 18.1 Å². The number of hydrogen-bond acceptors (Lipinski definition) is 4. The van der Waals surface area contributed by atoms with Crippen LogP contribution in [0, 0.1) is 0 Å². The summed E-state index contributed by atoms with van der Waals surface area (Å²) in [4.78, 5) is 6.96. The summed E-state index contributed by atoms with van der Waals surface area (Å²) in [7, 11) is -3.50. The molecule has 0 bridgehead atoms. The SMILES string of the molecule is CCCNCc1ccc(S(=O)(=O)NCc2cnc[nH]2)cc1. The van der Waals surface area contributed by atoms with Gasteiger partial charge in [0, 0.05) is 18.4 Å². The third-order valence-corrected chi connectivity index (χ3v) is 4.41. The second-order valence-electron chi connectivity index (χ2n) is 4.72. The minimum absolute atomic E-state index is 0.197. The Morgan fingerprint density at radius 1 is 1.19 bits per heavy atom. The first-order valence-corrected chi connectivity index (χ1v) is 8.36. The third kappa shape index (κ3) is 4.66. The fourth-order valence-corrected chi connectivity index (χ4v) is 2.84. The van der Waals surface area contributed by atoms with E-state index in [9.17, 15) is 8.42 Å². The molecular formula is C14H20N4O2S. The van der Waals surface area contributed by atoms with Crippen LogP contribution in [-0.2, 0) is 23.1 Å². The lowest BCUT2D eigenvalue weighted by atomic mass is 10.2. The van der Waals surface area contributed by atoms with Crippen LogP contribution in [0.3, 0.4) is 0 Å². The highest BCUT2D eigenvalue weighted by atomic mass is 32.2. The van der Waals surface area contributed by atoms with Gasteiger partial charge >= 0.3 is 0 Å². The molecule has 0 saturated heterocycles. The molecule has 114 valence electrons. The smallest absolute Gasteiger partial charge is 0.240 e. The van der Waals surface area contributed by atoms with Crippen LogP contribution in [0.5, 0.6) is 0 Å². The van der Waals surface area contributed by atoms with Crippen LogP contribution in [0.25, 0.3) is 0 Å². The molecule has 0 spiro atoms. The van der Waals surface area contributed by atoms with Crippen molar-refractivity contribution in [2.75, 3.05) is 6.54 Å². The summed E-state index contributed by atoms with van der Waals surface area (Å²) >= 11 is 0. The van der Waals surface area contributed by atoms with Crippen molar-refractivity contribution in [3.63, 3.8) is 0 Å². The first kappa shape index (κ1) is 15.7. The molecule has 2 rings (SSSR count). The highest BCUT2D eigenvalue weighted by Gasteiger charge is 2.13. The molecule has 1 aromatic heterocycles. The molecule has 0 aliphatic rings. The number of sulfonamides is 1. The number of hydrogen-bond donors (Lipinski definition) is 3. The minimum atomic E-state index is -3.50. The molecule has 0 unspecified atom stereocenters. The Hall–Kier alpha value is -1.70. The van der Waals surface area contributed by atoms with Gasteiger partial charge in [0.2, 0.25) is 10.0 Å². The van der Waals surface area contributed by atoms with Crippen molar-refractivity contribution in [1.29, 1.82) is 0 Å². The molecule has 0 aliphatic carbocycles. The van der Waals surface area contributed by atoms with Gasteiger partial charge in [0.1, 0.15) is 0 Å². The first-order valence-electron chi connectivity index (χ1n) is 6.88. The highest BCUT2D eigenvalue weighted by molar-refractivity contribution is 7.89. The van der Waals surface area contributed by atoms with E-state index in [0.717, 1.165) is 30.8 Å². The lowest BCUT2D eigenvalue weighted by Gasteiger charge is -2.07. The van der Waals surface area contributed by atoms with Crippen LogP contribution in [0.15, 0.2) is 41.7 Å². The van der Waals surface area contributed by atoms with Crippen molar-refractivity contribution in [2.45, 2.75) is 31.3 Å². The van der Waals surface area contributed by atoms with Gasteiger partial charge in [0.05, 0.1) is 17.8 Å². The van der Waals surface area contributed by atoms with Crippen LogP contribution in [-0.4, -0.2) is 24.9 Å². The molecule has 0 aliphatic heterocycles. The summed E-state index contributed by atoms with van der Waals surface area (Å²) < 4.78 is 26.8. The number of imidazole rings is 1. The van der Waals surface area contributed by atoms with E-state index < -0.39 is 10.0 Å². The molecule has 2 aromatic rings. The van der Waals surface area contributed by atoms with Gasteiger partial charge in [0.15, 0.2) is 0 Å². The number of aromatic amines is 1. The second-order valence-corrected chi connectivity index (χ2v) is 6.49. The van der Waals surface area contributed by atoms with E-state index in [0.29, 0.717) is 0 Å². The van der Waals surface area contributed by atoms with Gasteiger partial charge in [-0.1, -0.05) is 19.1 Å². The van der Waals surface area contributed by atoms with E-state index in [2.05, 4.69) is 26.9 Å². The van der Waals surface area contributed by atoms with E-state index in [-0.39, 0.29) is 11.4 Å². The number of nitrogens with one attached hydrogen (secondary N) is 3. The van der Waals surface area contributed by atoms with Crippen LogP contribution in [0.4, 0.5) is 0 Å². The molecule has 21 heavy (non-hydrogen) atoms. The largest absolute Gasteiger partial charge is 0.347 e. The zero-order valence-electron chi connectivity index (χ0n) is 12.0. The van der Waals surface area contributed by atoms with E-state index in [1.165, 1.54) is 6.33 Å². The quantitative estimate of drug-likeness (QED) is 0.643. The zero-order valence-corrected chi connectivity index (χ0v) is 12.8. The predicted octanol–water partition coefficient (Wildman–Crippen LogP) is 1.39. The van der Waals surface area contributed by atoms with Crippen molar-refractivity contribution in [3.05, 3.63) is 48.0 Å². The Kier molecular flexibility index (Phi) is 5.49. The van der Waals surface area contributed by atoms with Crippen LogP contribution >= 0.6 is 0 Å². The summed E-state index contributed by atoms with van der Waals surface area (Å²) in [5.74, 6) is 0. The van der Waals surface area contributed by atoms with Gasteiger partial charge < -0.3 is 10.3 Å². The third-order valence-electron chi connectivity index (χ3n) is 3.00. The molecule has 0 amide bonds. The molecule has 0 atom stereocenters. The maximum atomic E-state index is 12.1. The molecular weight excluding hydrogens is 288 g/mol. The maximum Gasteiger partial charge on any atom is 0.240 e. The van der Waals surface area contributed by atoms with E-state index in [4.69, 9.17) is 0 Å². The molecule has 7 heteroatoms. The average Bonchev–Trinajstić information content (AvgIpc) is 3.00. The second kappa shape index (κ2) is 7.35. The van der Waals surface area contributed by atoms with Gasteiger partial charge in [-0.2, -0.15) is 0 Å². The zero-order chi connectivity index (χ0) is 15.1. The number of benzene rings is 1. The molecule has 1 aromatic carbocycles. The number of nitrogens with zero attached hydrogens (tertiary/aromatic N) is 1. The molecule has 6 nitrogen and oxygen atoms in total. The fraction of sp³-hybridized carbons (Fsp3) is 0.357. The Labute approximate surface area is 125 Å². The lowest BCUT2D eigenvalue weighted by molar-refractivity contribution is 0.580. The molecule has 0 fully saturated rings. The van der Waals surface area contributed by atoms with Crippen LogP contribution in [0.1, 0.15) is 24.6 Å². The standard InChI is InChI=1S/C14H20N4O2S/c1-2-7-15-8-12-3-5-14(6-4-12)21(19,20)18-10-13-9-16-11-17-13/h3-6,9,11,15,18H,2,7-8,10H2,1H3,(H,16,17). The van der Waals surface area contributed by atoms with Crippen molar-refractivity contribution >= 4 is 10.0 Å². The summed E-state index contributed by atoms with van der Waals surface area (Å²) in [5, 5.41) is 3.28. The van der Waals surface area contributed by atoms with Crippen molar-refractivity contribution in [2.24, 2.45) is 0 Å². The Balaban J connectivity index is 1.96. The highest BCUT2D eigenvalue weighted by Crippen LogP contribution is 2.11. The van der Waals surface area contributed by atoms with Gasteiger partial charge in [-0.3, -0.25) is 0 Å². The monoisotopic (exact) mass is 308 g/mol. The van der Waals surface area contributed by atoms with E-state index in [1.807, 2.05) is 12.1 Å².